The molecule has 158 valence electrons. The first-order valence-corrected chi connectivity index (χ1v) is 9.81. The molecular formula is C25H24N2O4. The molecule has 3 rings (SSSR count). The van der Waals surface area contributed by atoms with Crippen LogP contribution in [0.5, 0.6) is 0 Å². The zero-order chi connectivity index (χ0) is 22.6. The molecule has 0 aliphatic carbocycles. The summed E-state index contributed by atoms with van der Waals surface area (Å²) < 4.78 is 0. The van der Waals surface area contributed by atoms with Crippen molar-refractivity contribution in [3.8, 4) is 0 Å². The summed E-state index contributed by atoms with van der Waals surface area (Å²) in [5.74, 6) is -1.80. The first-order valence-electron chi connectivity index (χ1n) is 9.81. The van der Waals surface area contributed by atoms with Gasteiger partial charge in [-0.05, 0) is 59.5 Å². The van der Waals surface area contributed by atoms with Crippen molar-refractivity contribution in [2.24, 2.45) is 0 Å². The maximum absolute atomic E-state index is 12.5. The molecule has 0 saturated heterocycles. The molecule has 2 amide bonds. The van der Waals surface area contributed by atoms with Crippen molar-refractivity contribution in [3.05, 3.63) is 95.1 Å². The Balaban J connectivity index is 1.67. The molecule has 0 unspecified atom stereocenters. The molecule has 6 heteroatoms. The second kappa shape index (κ2) is 8.83. The van der Waals surface area contributed by atoms with Crippen LogP contribution in [0.15, 0.2) is 72.8 Å². The minimum atomic E-state index is -1.12. The van der Waals surface area contributed by atoms with E-state index in [9.17, 15) is 19.5 Å². The van der Waals surface area contributed by atoms with Crippen LogP contribution in [0.3, 0.4) is 0 Å². The van der Waals surface area contributed by atoms with Gasteiger partial charge in [0.1, 0.15) is 0 Å². The molecule has 0 radical (unpaired) electrons. The quantitative estimate of drug-likeness (QED) is 0.534. The molecule has 6 nitrogen and oxygen atoms in total. The molecule has 0 spiro atoms. The van der Waals surface area contributed by atoms with E-state index in [-0.39, 0.29) is 22.6 Å². The number of carbonyl (C=O) groups excluding carboxylic acids is 2. The third-order valence-electron chi connectivity index (χ3n) is 4.82. The van der Waals surface area contributed by atoms with Crippen molar-refractivity contribution in [1.82, 2.24) is 0 Å². The van der Waals surface area contributed by atoms with Gasteiger partial charge in [0.05, 0.1) is 11.3 Å². The summed E-state index contributed by atoms with van der Waals surface area (Å²) in [6.45, 7) is 6.33. The SMILES string of the molecule is CC(C)(C)c1ccc(C(=O)Nc2ccc(C(=O)Nc3ccccc3C(=O)O)cc2)cc1. The van der Waals surface area contributed by atoms with Crippen LogP contribution in [0.2, 0.25) is 0 Å². The van der Waals surface area contributed by atoms with Crippen LogP contribution in [0.4, 0.5) is 11.4 Å². The summed E-state index contributed by atoms with van der Waals surface area (Å²) in [5, 5.41) is 14.6. The van der Waals surface area contributed by atoms with Gasteiger partial charge in [0.2, 0.25) is 0 Å². The lowest BCUT2D eigenvalue weighted by Gasteiger charge is -2.19. The highest BCUT2D eigenvalue weighted by atomic mass is 16.4. The lowest BCUT2D eigenvalue weighted by Crippen LogP contribution is -2.16. The Morgan fingerprint density at radius 1 is 0.710 bits per heavy atom. The number of aromatic carboxylic acids is 1. The lowest BCUT2D eigenvalue weighted by molar-refractivity contribution is 0.0697. The summed E-state index contributed by atoms with van der Waals surface area (Å²) in [5.41, 5.74) is 2.81. The van der Waals surface area contributed by atoms with E-state index >= 15 is 0 Å². The molecule has 0 atom stereocenters. The molecule has 31 heavy (non-hydrogen) atoms. The van der Waals surface area contributed by atoms with Gasteiger partial charge < -0.3 is 15.7 Å². The minimum absolute atomic E-state index is 0.0103. The van der Waals surface area contributed by atoms with E-state index in [1.807, 2.05) is 12.1 Å². The maximum Gasteiger partial charge on any atom is 0.337 e. The Morgan fingerprint density at radius 3 is 1.77 bits per heavy atom. The first kappa shape index (κ1) is 21.8. The molecule has 3 N–H and O–H groups in total. The van der Waals surface area contributed by atoms with E-state index in [1.54, 1.807) is 48.5 Å². The van der Waals surface area contributed by atoms with Crippen molar-refractivity contribution in [2.45, 2.75) is 26.2 Å². The number of amides is 2. The predicted octanol–water partition coefficient (Wildman–Crippen LogP) is 5.19. The topological polar surface area (TPSA) is 95.5 Å². The zero-order valence-corrected chi connectivity index (χ0v) is 17.6. The molecule has 0 heterocycles. The Hall–Kier alpha value is -3.93. The average Bonchev–Trinajstić information content (AvgIpc) is 2.74. The van der Waals surface area contributed by atoms with Crippen molar-refractivity contribution in [3.63, 3.8) is 0 Å². The van der Waals surface area contributed by atoms with Gasteiger partial charge in [-0.15, -0.1) is 0 Å². The largest absolute Gasteiger partial charge is 0.478 e. The smallest absolute Gasteiger partial charge is 0.337 e. The Bertz CT molecular complexity index is 1110. The van der Waals surface area contributed by atoms with Crippen LogP contribution in [0.25, 0.3) is 0 Å². The number of carboxylic acids is 1. The van der Waals surface area contributed by atoms with Crippen LogP contribution >= 0.6 is 0 Å². The molecule has 0 bridgehead atoms. The number of rotatable bonds is 5. The molecule has 0 saturated carbocycles. The van der Waals surface area contributed by atoms with Crippen molar-refractivity contribution >= 4 is 29.2 Å². The molecule has 0 aliphatic rings. The predicted molar refractivity (Wildman–Crippen MR) is 121 cm³/mol. The molecule has 3 aromatic rings. The van der Waals surface area contributed by atoms with Gasteiger partial charge in [-0.25, -0.2) is 4.79 Å². The van der Waals surface area contributed by atoms with Crippen LogP contribution < -0.4 is 10.6 Å². The maximum atomic E-state index is 12.5. The van der Waals surface area contributed by atoms with E-state index in [0.29, 0.717) is 16.8 Å². The highest BCUT2D eigenvalue weighted by Crippen LogP contribution is 2.23. The summed E-state index contributed by atoms with van der Waals surface area (Å²) in [4.78, 5) is 36.2. The Labute approximate surface area is 180 Å². The summed E-state index contributed by atoms with van der Waals surface area (Å²) in [6, 6.07) is 20.0. The first-order chi connectivity index (χ1) is 14.6. The molecule has 3 aromatic carbocycles. The molecule has 0 fully saturated rings. The van der Waals surface area contributed by atoms with Crippen molar-refractivity contribution < 1.29 is 19.5 Å². The van der Waals surface area contributed by atoms with Gasteiger partial charge in [0, 0.05) is 16.8 Å². The Morgan fingerprint density at radius 2 is 1.23 bits per heavy atom. The zero-order valence-electron chi connectivity index (χ0n) is 17.6. The highest BCUT2D eigenvalue weighted by Gasteiger charge is 2.15. The van der Waals surface area contributed by atoms with Crippen molar-refractivity contribution in [2.75, 3.05) is 10.6 Å². The fourth-order valence-electron chi connectivity index (χ4n) is 3.00. The van der Waals surface area contributed by atoms with Crippen LogP contribution in [-0.2, 0) is 5.41 Å². The fraction of sp³-hybridized carbons (Fsp3) is 0.160. The normalized spacial score (nSPS) is 10.9. The highest BCUT2D eigenvalue weighted by molar-refractivity contribution is 6.08. The van der Waals surface area contributed by atoms with E-state index in [1.165, 1.54) is 12.1 Å². The van der Waals surface area contributed by atoms with E-state index in [0.717, 1.165) is 5.56 Å². The lowest BCUT2D eigenvalue weighted by atomic mass is 9.87. The van der Waals surface area contributed by atoms with Crippen molar-refractivity contribution in [1.29, 1.82) is 0 Å². The van der Waals surface area contributed by atoms with Gasteiger partial charge in [-0.2, -0.15) is 0 Å². The Kier molecular flexibility index (Phi) is 6.20. The number of carboxylic acid groups (broad SMARTS) is 1. The van der Waals surface area contributed by atoms with Gasteiger partial charge in [-0.1, -0.05) is 45.0 Å². The monoisotopic (exact) mass is 416 g/mol. The number of benzene rings is 3. The summed E-state index contributed by atoms with van der Waals surface area (Å²) in [6.07, 6.45) is 0. The van der Waals surface area contributed by atoms with Gasteiger partial charge in [-0.3, -0.25) is 9.59 Å². The molecule has 0 aliphatic heterocycles. The molecule has 0 aromatic heterocycles. The number of hydrogen-bond donors (Lipinski definition) is 3. The van der Waals surface area contributed by atoms with Crippen LogP contribution in [-0.4, -0.2) is 22.9 Å². The van der Waals surface area contributed by atoms with Crippen LogP contribution in [0.1, 0.15) is 57.4 Å². The molecular weight excluding hydrogens is 392 g/mol. The number of anilines is 2. The number of para-hydroxylation sites is 1. The standard InChI is InChI=1S/C25H24N2O4/c1-25(2,3)18-12-8-16(9-13-18)22(28)26-19-14-10-17(11-15-19)23(29)27-21-7-5-4-6-20(21)24(30)31/h4-15H,1-3H3,(H,26,28)(H,27,29)(H,30,31). The third-order valence-corrected chi connectivity index (χ3v) is 4.82. The van der Waals surface area contributed by atoms with Gasteiger partial charge in [0.25, 0.3) is 11.8 Å². The second-order valence-corrected chi connectivity index (χ2v) is 8.16. The van der Waals surface area contributed by atoms with E-state index in [2.05, 4.69) is 31.4 Å². The number of hydrogen-bond acceptors (Lipinski definition) is 3. The minimum Gasteiger partial charge on any atom is -0.478 e. The van der Waals surface area contributed by atoms with Gasteiger partial charge in [0.15, 0.2) is 0 Å². The van der Waals surface area contributed by atoms with Gasteiger partial charge >= 0.3 is 5.97 Å². The fourth-order valence-corrected chi connectivity index (χ4v) is 3.00. The van der Waals surface area contributed by atoms with Crippen LogP contribution in [0, 0.1) is 0 Å². The summed E-state index contributed by atoms with van der Waals surface area (Å²) in [7, 11) is 0. The van der Waals surface area contributed by atoms with E-state index in [4.69, 9.17) is 0 Å². The number of carbonyl (C=O) groups is 3. The summed E-state index contributed by atoms with van der Waals surface area (Å²) >= 11 is 0. The third kappa shape index (κ3) is 5.36. The second-order valence-electron chi connectivity index (χ2n) is 8.16. The average molecular weight is 416 g/mol. The van der Waals surface area contributed by atoms with E-state index < -0.39 is 11.9 Å². The number of nitrogens with one attached hydrogen (secondary N) is 2.